The molecule has 2 N–H and O–H groups in total. The van der Waals surface area contributed by atoms with Gasteiger partial charge in [-0.1, -0.05) is 60.7 Å². The fourth-order valence-electron chi connectivity index (χ4n) is 1.76. The van der Waals surface area contributed by atoms with Crippen LogP contribution in [-0.2, 0) is 0 Å². The van der Waals surface area contributed by atoms with Gasteiger partial charge in [0.2, 0.25) is 0 Å². The molecule has 3 heteroatoms. The van der Waals surface area contributed by atoms with E-state index in [1.165, 1.54) is 6.08 Å². The van der Waals surface area contributed by atoms with Crippen molar-refractivity contribution in [2.24, 2.45) is 0 Å². The van der Waals surface area contributed by atoms with E-state index < -0.39 is 6.29 Å². The molecule has 0 heterocycles. The number of allylic oxidation sites excluding steroid dienone is 1. The van der Waals surface area contributed by atoms with Crippen LogP contribution in [0.3, 0.4) is 0 Å². The van der Waals surface area contributed by atoms with Gasteiger partial charge >= 0.3 is 0 Å². The highest BCUT2D eigenvalue weighted by atomic mass is 16.5. The summed E-state index contributed by atoms with van der Waals surface area (Å²) in [4.78, 5) is 11.9. The van der Waals surface area contributed by atoms with Crippen LogP contribution in [0.15, 0.2) is 60.7 Å². The Morgan fingerprint density at radius 3 is 2.26 bits per heavy atom. The lowest BCUT2D eigenvalue weighted by Crippen LogP contribution is -1.98. The number of hydrogen-bond acceptors (Lipinski definition) is 3. The van der Waals surface area contributed by atoms with Gasteiger partial charge in [-0.15, -0.1) is 0 Å². The molecule has 0 fully saturated rings. The van der Waals surface area contributed by atoms with E-state index in [1.807, 2.05) is 6.07 Å². The van der Waals surface area contributed by atoms with Gasteiger partial charge in [0.05, 0.1) is 0 Å². The molecule has 2 aromatic rings. The summed E-state index contributed by atoms with van der Waals surface area (Å²) >= 11 is 0. The predicted molar refractivity (Wildman–Crippen MR) is 73.4 cm³/mol. The Kier molecular flexibility index (Phi) is 4.23. The third-order valence-electron chi connectivity index (χ3n) is 2.75. The monoisotopic (exact) mass is 254 g/mol. The highest BCUT2D eigenvalue weighted by Crippen LogP contribution is 2.17. The van der Waals surface area contributed by atoms with Crippen LogP contribution in [0.5, 0.6) is 0 Å². The van der Waals surface area contributed by atoms with Crippen LogP contribution >= 0.6 is 0 Å². The molecule has 0 aliphatic rings. The van der Waals surface area contributed by atoms with Gasteiger partial charge in [0, 0.05) is 11.1 Å². The molecule has 0 aliphatic carbocycles. The molecule has 3 nitrogen and oxygen atoms in total. The second kappa shape index (κ2) is 6.09. The van der Waals surface area contributed by atoms with Gasteiger partial charge in [0.15, 0.2) is 12.1 Å². The van der Waals surface area contributed by atoms with Crippen LogP contribution in [0.25, 0.3) is 6.08 Å². The maximum Gasteiger partial charge on any atom is 0.185 e. The van der Waals surface area contributed by atoms with E-state index in [2.05, 4.69) is 0 Å². The summed E-state index contributed by atoms with van der Waals surface area (Å²) in [5, 5.41) is 18.4. The molecule has 0 amide bonds. The maximum atomic E-state index is 11.9. The molecular weight excluding hydrogens is 240 g/mol. The molecular formula is C16H14O3. The fraction of sp³-hybridized carbons (Fsp3) is 0.0625. The van der Waals surface area contributed by atoms with Crippen molar-refractivity contribution in [3.8, 4) is 0 Å². The molecule has 19 heavy (non-hydrogen) atoms. The first kappa shape index (κ1) is 13.2. The normalized spacial score (nSPS) is 11.1. The van der Waals surface area contributed by atoms with Crippen molar-refractivity contribution in [1.82, 2.24) is 0 Å². The minimum atomic E-state index is -1.55. The molecule has 0 bridgehead atoms. The molecule has 96 valence electrons. The van der Waals surface area contributed by atoms with E-state index in [9.17, 15) is 15.0 Å². The van der Waals surface area contributed by atoms with Gasteiger partial charge in [0.1, 0.15) is 0 Å². The summed E-state index contributed by atoms with van der Waals surface area (Å²) in [5.41, 5.74) is 1.59. The maximum absolute atomic E-state index is 11.9. The van der Waals surface area contributed by atoms with Crippen molar-refractivity contribution in [3.63, 3.8) is 0 Å². The summed E-state index contributed by atoms with van der Waals surface area (Å²) in [6, 6.07) is 15.7. The van der Waals surface area contributed by atoms with Crippen LogP contribution < -0.4 is 0 Å². The first-order chi connectivity index (χ1) is 9.18. The SMILES string of the molecule is O=C(C=Cc1ccccc1C(O)O)c1ccccc1. The molecule has 0 saturated carbocycles. The van der Waals surface area contributed by atoms with Crippen molar-refractivity contribution in [2.75, 3.05) is 0 Å². The zero-order chi connectivity index (χ0) is 13.7. The Morgan fingerprint density at radius 2 is 1.58 bits per heavy atom. The highest BCUT2D eigenvalue weighted by molar-refractivity contribution is 6.06. The zero-order valence-electron chi connectivity index (χ0n) is 10.2. The van der Waals surface area contributed by atoms with Crippen LogP contribution in [-0.4, -0.2) is 16.0 Å². The summed E-state index contributed by atoms with van der Waals surface area (Å²) in [7, 11) is 0. The van der Waals surface area contributed by atoms with E-state index in [0.29, 0.717) is 16.7 Å². The minimum Gasteiger partial charge on any atom is -0.364 e. The number of aliphatic hydroxyl groups excluding tert-OH is 1. The Balaban J connectivity index is 2.22. The van der Waals surface area contributed by atoms with Crippen molar-refractivity contribution >= 4 is 11.9 Å². The number of rotatable bonds is 4. The molecule has 0 radical (unpaired) electrons. The number of benzene rings is 2. The smallest absolute Gasteiger partial charge is 0.185 e. The fourth-order valence-corrected chi connectivity index (χ4v) is 1.76. The first-order valence-corrected chi connectivity index (χ1v) is 5.91. The molecule has 0 aliphatic heterocycles. The number of carbonyl (C=O) groups is 1. The summed E-state index contributed by atoms with van der Waals surface area (Å²) in [5.74, 6) is -0.122. The molecule has 0 unspecified atom stereocenters. The Morgan fingerprint density at radius 1 is 0.947 bits per heavy atom. The largest absolute Gasteiger partial charge is 0.364 e. The van der Waals surface area contributed by atoms with Crippen molar-refractivity contribution in [2.45, 2.75) is 6.29 Å². The lowest BCUT2D eigenvalue weighted by Gasteiger charge is -2.07. The number of aliphatic hydroxyl groups is 2. The van der Waals surface area contributed by atoms with E-state index in [1.54, 1.807) is 54.6 Å². The van der Waals surface area contributed by atoms with E-state index >= 15 is 0 Å². The van der Waals surface area contributed by atoms with Crippen molar-refractivity contribution < 1.29 is 15.0 Å². The third-order valence-corrected chi connectivity index (χ3v) is 2.75. The molecule has 0 aromatic heterocycles. The molecule has 0 atom stereocenters. The minimum absolute atomic E-state index is 0.122. The van der Waals surface area contributed by atoms with Gasteiger partial charge in [-0.3, -0.25) is 4.79 Å². The average Bonchev–Trinajstić information content (AvgIpc) is 2.46. The van der Waals surface area contributed by atoms with E-state index in [4.69, 9.17) is 0 Å². The predicted octanol–water partition coefficient (Wildman–Crippen LogP) is 2.57. The van der Waals surface area contributed by atoms with E-state index in [0.717, 1.165) is 0 Å². The van der Waals surface area contributed by atoms with Crippen molar-refractivity contribution in [3.05, 3.63) is 77.4 Å². The second-order valence-corrected chi connectivity index (χ2v) is 4.07. The lowest BCUT2D eigenvalue weighted by molar-refractivity contribution is -0.0426. The Hall–Kier alpha value is -2.23. The average molecular weight is 254 g/mol. The third kappa shape index (κ3) is 3.37. The quantitative estimate of drug-likeness (QED) is 0.501. The highest BCUT2D eigenvalue weighted by Gasteiger charge is 2.06. The zero-order valence-corrected chi connectivity index (χ0v) is 10.2. The molecule has 2 rings (SSSR count). The standard InChI is InChI=1S/C16H14O3/c17-15(13-7-2-1-3-8-13)11-10-12-6-4-5-9-14(12)16(18)19/h1-11,16,18-19H. The summed E-state index contributed by atoms with van der Waals surface area (Å²) in [6.45, 7) is 0. The van der Waals surface area contributed by atoms with Crippen LogP contribution in [0, 0.1) is 0 Å². The lowest BCUT2D eigenvalue weighted by atomic mass is 10.0. The Bertz CT molecular complexity index is 586. The van der Waals surface area contributed by atoms with Crippen molar-refractivity contribution in [1.29, 1.82) is 0 Å². The van der Waals surface area contributed by atoms with Crippen LogP contribution in [0.2, 0.25) is 0 Å². The molecule has 0 spiro atoms. The van der Waals surface area contributed by atoms with Gasteiger partial charge in [0.25, 0.3) is 0 Å². The first-order valence-electron chi connectivity index (χ1n) is 5.91. The number of ketones is 1. The Labute approximate surface area is 111 Å². The van der Waals surface area contributed by atoms with E-state index in [-0.39, 0.29) is 5.78 Å². The number of hydrogen-bond donors (Lipinski definition) is 2. The summed E-state index contributed by atoms with van der Waals surface area (Å²) in [6.07, 6.45) is 1.47. The topological polar surface area (TPSA) is 57.5 Å². The molecule has 0 saturated heterocycles. The number of carbonyl (C=O) groups excluding carboxylic acids is 1. The van der Waals surface area contributed by atoms with Crippen LogP contribution in [0.1, 0.15) is 27.8 Å². The summed E-state index contributed by atoms with van der Waals surface area (Å²) < 4.78 is 0. The van der Waals surface area contributed by atoms with Gasteiger partial charge in [-0.25, -0.2) is 0 Å². The van der Waals surface area contributed by atoms with Crippen LogP contribution in [0.4, 0.5) is 0 Å². The van der Waals surface area contributed by atoms with Gasteiger partial charge < -0.3 is 10.2 Å². The van der Waals surface area contributed by atoms with Gasteiger partial charge in [-0.05, 0) is 11.6 Å². The second-order valence-electron chi connectivity index (χ2n) is 4.07. The van der Waals surface area contributed by atoms with Gasteiger partial charge in [-0.2, -0.15) is 0 Å². The molecule has 2 aromatic carbocycles.